The van der Waals surface area contributed by atoms with Crippen LogP contribution in [0.5, 0.6) is 0 Å². The molecule has 0 unspecified atom stereocenters. The van der Waals surface area contributed by atoms with E-state index in [-0.39, 0.29) is 44.8 Å². The van der Waals surface area contributed by atoms with Crippen molar-refractivity contribution in [2.24, 2.45) is 0 Å². The molecule has 6 aromatic rings. The molecule has 8 heteroatoms. The number of aromatic nitrogens is 4. The van der Waals surface area contributed by atoms with Crippen LogP contribution in [0.15, 0.2) is 195 Å². The zero-order chi connectivity index (χ0) is 37.5. The molecule has 0 radical (unpaired) electrons. The van der Waals surface area contributed by atoms with Crippen LogP contribution < -0.4 is 21.2 Å². The molecule has 0 bridgehead atoms. The molecule has 4 aromatic carbocycles. The van der Waals surface area contributed by atoms with Crippen LogP contribution in [0.3, 0.4) is 0 Å². The molecule has 4 nitrogen and oxygen atoms in total. The van der Waals surface area contributed by atoms with E-state index in [1.807, 2.05) is 49.1 Å². The molecule has 4 aliphatic rings. The molecule has 0 saturated heterocycles. The first kappa shape index (κ1) is 41.7. The fourth-order valence-electron chi connectivity index (χ4n) is 8.15. The molecule has 0 saturated carbocycles. The van der Waals surface area contributed by atoms with Gasteiger partial charge in [0.25, 0.3) is 0 Å². The molecule has 2 aliphatic heterocycles. The number of benzene rings is 4. The molecule has 10 rings (SSSR count). The summed E-state index contributed by atoms with van der Waals surface area (Å²) in [4.78, 5) is 18.5. The van der Waals surface area contributed by atoms with Gasteiger partial charge in [0, 0.05) is 34.8 Å². The molecule has 0 spiro atoms. The zero-order valence-electron chi connectivity index (χ0n) is 31.7. The van der Waals surface area contributed by atoms with Crippen LogP contribution >= 0.6 is 15.8 Å². The number of hydrogen-bond donors (Lipinski definition) is 0. The Morgan fingerprint density at radius 1 is 0.379 bits per heavy atom. The predicted molar refractivity (Wildman–Crippen MR) is 242 cm³/mol. The Labute approximate surface area is 374 Å². The molecular weight excluding hydrogens is 1110 g/mol. The van der Waals surface area contributed by atoms with Crippen molar-refractivity contribution >= 4 is 58.9 Å². The molecule has 2 aliphatic carbocycles. The first-order chi connectivity index (χ1) is 27.8. The monoisotopic (exact) mass is 1150 g/mol. The standard InChI is InChI=1S/2C25H20N2P.2Au/c2*1-3-9-19(10-4-1)28(20-11-5-2-6-12-20)18-15-21-22-13-7-16-26-24(22)25-23(21)14-8-17-27-25;;/h2*1-14,16-17H,15,18H2;;/q2*-1;2*+1/p+2. The minimum Gasteiger partial charge on any atom is -0.350 e. The molecule has 0 fully saturated rings. The Bertz CT molecular complexity index is 2450. The van der Waals surface area contributed by atoms with E-state index in [1.54, 1.807) is 0 Å². The Morgan fingerprint density at radius 2 is 0.724 bits per heavy atom. The summed E-state index contributed by atoms with van der Waals surface area (Å²) in [6.07, 6.45) is 11.8. The van der Waals surface area contributed by atoms with Crippen molar-refractivity contribution in [1.29, 1.82) is 0 Å². The van der Waals surface area contributed by atoms with Crippen LogP contribution in [0.4, 0.5) is 0 Å². The van der Waals surface area contributed by atoms with Crippen LogP contribution in [0, 0.1) is 0 Å². The summed E-state index contributed by atoms with van der Waals surface area (Å²) in [5, 5.41) is 8.37. The normalized spacial score (nSPS) is 11.1. The summed E-state index contributed by atoms with van der Waals surface area (Å²) in [5.74, 6) is 0. The zero-order valence-corrected chi connectivity index (χ0v) is 38.0. The van der Waals surface area contributed by atoms with E-state index < -0.39 is 15.8 Å². The summed E-state index contributed by atoms with van der Waals surface area (Å²) in [7, 11) is -1.70. The summed E-state index contributed by atoms with van der Waals surface area (Å²) >= 11 is 0. The average Bonchev–Trinajstić information content (AvgIpc) is 3.78. The van der Waals surface area contributed by atoms with Gasteiger partial charge in [-0.05, 0) is 84.3 Å². The first-order valence-corrected chi connectivity index (χ1v) is 22.7. The maximum absolute atomic E-state index is 4.62. The van der Waals surface area contributed by atoms with Gasteiger partial charge in [-0.1, -0.05) is 97.3 Å². The van der Waals surface area contributed by atoms with Gasteiger partial charge in [0.15, 0.2) is 0 Å². The molecule has 292 valence electrons. The summed E-state index contributed by atoms with van der Waals surface area (Å²) in [6, 6.07) is 60.8. The van der Waals surface area contributed by atoms with Crippen LogP contribution in [0.25, 0.3) is 44.3 Å². The van der Waals surface area contributed by atoms with Gasteiger partial charge >= 0.3 is 44.8 Å². The van der Waals surface area contributed by atoms with Crippen LogP contribution in [-0.4, -0.2) is 32.3 Å². The summed E-state index contributed by atoms with van der Waals surface area (Å²) in [6.45, 7) is 0. The average molecular weight is 1150 g/mol. The van der Waals surface area contributed by atoms with Crippen molar-refractivity contribution in [3.05, 3.63) is 206 Å². The van der Waals surface area contributed by atoms with E-state index in [0.717, 1.165) is 47.6 Å². The van der Waals surface area contributed by atoms with Gasteiger partial charge < -0.3 is 9.97 Å². The number of fused-ring (bicyclic) bond motifs is 6. The van der Waals surface area contributed by atoms with Gasteiger partial charge in [-0.15, -0.1) is 46.5 Å². The molecule has 0 amide bonds. The van der Waals surface area contributed by atoms with E-state index in [4.69, 9.17) is 0 Å². The van der Waals surface area contributed by atoms with E-state index >= 15 is 0 Å². The third-order valence-corrected chi connectivity index (χ3v) is 16.3. The second-order valence-electron chi connectivity index (χ2n) is 14.0. The Hall–Kier alpha value is -4.44. The molecule has 0 atom stereocenters. The molecular formula is C50H42Au2N4P2+2. The smallest absolute Gasteiger partial charge is 0.350 e. The number of nitrogens with zero attached hydrogens (tertiary/aromatic N) is 4. The topological polar surface area (TPSA) is 51.6 Å². The Balaban J connectivity index is 0.000000171. The molecule has 2 aromatic heterocycles. The fourth-order valence-corrected chi connectivity index (χ4v) is 13.3. The molecule has 4 heterocycles. The fraction of sp³-hybridized carbons (Fsp3) is 0.0800. The maximum Gasteiger partial charge on any atom is 1.00 e. The minimum absolute atomic E-state index is 0. The van der Waals surface area contributed by atoms with Crippen molar-refractivity contribution in [3.63, 3.8) is 0 Å². The van der Waals surface area contributed by atoms with E-state index in [9.17, 15) is 0 Å². The maximum atomic E-state index is 4.62. The third kappa shape index (κ3) is 8.92. The van der Waals surface area contributed by atoms with Gasteiger partial charge in [-0.25, -0.2) is 0 Å². The van der Waals surface area contributed by atoms with Crippen molar-refractivity contribution in [2.75, 3.05) is 12.3 Å². The minimum atomic E-state index is -0.852. The van der Waals surface area contributed by atoms with Crippen molar-refractivity contribution in [2.45, 2.75) is 12.8 Å². The Kier molecular flexibility index (Phi) is 14.4. The number of pyridine rings is 4. The molecule has 58 heavy (non-hydrogen) atoms. The Morgan fingerprint density at radius 3 is 1.07 bits per heavy atom. The predicted octanol–water partition coefficient (Wildman–Crippen LogP) is 9.72. The van der Waals surface area contributed by atoms with Crippen molar-refractivity contribution in [1.82, 2.24) is 19.9 Å². The van der Waals surface area contributed by atoms with Crippen LogP contribution in [-0.2, 0) is 57.6 Å². The van der Waals surface area contributed by atoms with Gasteiger partial charge in [-0.3, -0.25) is 9.97 Å². The quantitative estimate of drug-likeness (QED) is 0.0779. The van der Waals surface area contributed by atoms with Gasteiger partial charge in [0.2, 0.25) is 0 Å². The number of aryl methyl sites for hydroxylation is 2. The second-order valence-corrected chi connectivity index (χ2v) is 19.2. The van der Waals surface area contributed by atoms with Crippen molar-refractivity contribution in [3.8, 4) is 22.5 Å². The van der Waals surface area contributed by atoms with E-state index in [1.165, 1.54) is 54.2 Å². The number of rotatable bonds is 10. The molecule has 0 N–H and O–H groups in total. The largest absolute Gasteiger partial charge is 1.00 e. The summed E-state index contributed by atoms with van der Waals surface area (Å²) < 4.78 is 0. The summed E-state index contributed by atoms with van der Waals surface area (Å²) in [5.41, 5.74) is 9.39. The van der Waals surface area contributed by atoms with Crippen LogP contribution in [0.2, 0.25) is 0 Å². The van der Waals surface area contributed by atoms with Crippen molar-refractivity contribution < 1.29 is 44.8 Å². The number of hydrogen-bond acceptors (Lipinski definition) is 4. The second kappa shape index (κ2) is 20.0. The van der Waals surface area contributed by atoms with Gasteiger partial charge in [0.1, 0.15) is 0 Å². The van der Waals surface area contributed by atoms with Crippen LogP contribution in [0.1, 0.15) is 11.1 Å². The van der Waals surface area contributed by atoms with E-state index in [2.05, 4.69) is 166 Å². The van der Waals surface area contributed by atoms with Gasteiger partial charge in [-0.2, -0.15) is 0 Å². The van der Waals surface area contributed by atoms with Gasteiger partial charge in [0.05, 0.1) is 49.4 Å². The third-order valence-electron chi connectivity index (χ3n) is 10.7. The van der Waals surface area contributed by atoms with E-state index in [0.29, 0.717) is 0 Å². The first-order valence-electron chi connectivity index (χ1n) is 19.3. The SMILES string of the molecule is [Au+].[Au+].c1ccc([PH+](CCc2c3[cH-]ccnc-3c3ncccc23)c2ccccc2)cc1.c1ccc([PH+](CCc2c3[cH-]ccnc-3c3ncccc23)c2ccccc2)cc1.